The van der Waals surface area contributed by atoms with Gasteiger partial charge in [-0.15, -0.1) is 0 Å². The average molecular weight is 688 g/mol. The first-order valence-corrected chi connectivity index (χ1v) is 18.0. The van der Waals surface area contributed by atoms with Gasteiger partial charge in [0, 0.05) is 73.1 Å². The minimum Gasteiger partial charge on any atom is -0.497 e. The molecule has 0 fully saturated rings. The van der Waals surface area contributed by atoms with Crippen molar-refractivity contribution in [3.63, 3.8) is 0 Å². The molecule has 0 atom stereocenters. The highest BCUT2D eigenvalue weighted by atomic mass is 16.5. The van der Waals surface area contributed by atoms with Gasteiger partial charge in [-0.25, -0.2) is 0 Å². The number of hydrogen-bond donors (Lipinski definition) is 5. The predicted molar refractivity (Wildman–Crippen MR) is 213 cm³/mol. The Bertz CT molecular complexity index is 2910. The molecular weight excluding hydrogens is 651 g/mol. The van der Waals surface area contributed by atoms with Gasteiger partial charge in [0.2, 0.25) is 0 Å². The van der Waals surface area contributed by atoms with Crippen LogP contribution in [0.15, 0.2) is 140 Å². The molecule has 4 aromatic carbocycles. The van der Waals surface area contributed by atoms with Crippen molar-refractivity contribution in [3.8, 4) is 16.9 Å². The van der Waals surface area contributed by atoms with E-state index in [0.29, 0.717) is 6.54 Å². The molecule has 8 bridgehead atoms. The number of methoxy groups -OCH3 is 1. The standard InChI is InChI=1S/C47H37N5O/c1-53-37-19-13-29(14-20-37)46-41-21-17-35(50-41)26-33-15-16-34(49-33)27-36-18-22-43(51-36)47(44-24-23-42(46)52-44)39-11-4-5-12-40(39)48-28-32-9-6-8-31-25-30-7-2-3-10-38(30)45(31)32/h2-24,26-27,48-52H,25,28H2,1H3. The fourth-order valence-electron chi connectivity index (χ4n) is 8.02. The second kappa shape index (κ2) is 12.7. The van der Waals surface area contributed by atoms with Crippen molar-refractivity contribution in [2.45, 2.75) is 13.0 Å². The highest BCUT2D eigenvalue weighted by molar-refractivity contribution is 5.87. The van der Waals surface area contributed by atoms with Gasteiger partial charge < -0.3 is 30.0 Å². The summed E-state index contributed by atoms with van der Waals surface area (Å²) in [4.78, 5) is 14.9. The Morgan fingerprint density at radius 3 is 1.96 bits per heavy atom. The molecule has 6 heteroatoms. The molecule has 2 aliphatic rings. The van der Waals surface area contributed by atoms with Crippen molar-refractivity contribution < 1.29 is 4.74 Å². The summed E-state index contributed by atoms with van der Waals surface area (Å²) in [5.41, 5.74) is 16.3. The van der Waals surface area contributed by atoms with Gasteiger partial charge in [-0.2, -0.15) is 0 Å². The molecule has 5 heterocycles. The Labute approximate surface area is 306 Å². The quantitative estimate of drug-likeness (QED) is 0.136. The van der Waals surface area contributed by atoms with E-state index in [1.54, 1.807) is 7.11 Å². The predicted octanol–water partition coefficient (Wildman–Crippen LogP) is 6.66. The molecule has 5 N–H and O–H groups in total. The van der Waals surface area contributed by atoms with Crippen LogP contribution in [0.1, 0.15) is 50.6 Å². The van der Waals surface area contributed by atoms with Crippen LogP contribution >= 0.6 is 0 Å². The van der Waals surface area contributed by atoms with E-state index in [9.17, 15) is 0 Å². The van der Waals surface area contributed by atoms with Crippen molar-refractivity contribution in [2.75, 3.05) is 12.4 Å². The summed E-state index contributed by atoms with van der Waals surface area (Å²) < 4.78 is 5.51. The van der Waals surface area contributed by atoms with E-state index in [1.807, 2.05) is 12.1 Å². The van der Waals surface area contributed by atoms with E-state index in [-0.39, 0.29) is 0 Å². The minimum atomic E-state index is 0.707. The van der Waals surface area contributed by atoms with Crippen LogP contribution in [0, 0.1) is 0 Å². The zero-order valence-corrected chi connectivity index (χ0v) is 29.3. The molecular formula is C47H37N5O. The molecule has 256 valence electrons. The molecule has 0 saturated heterocycles. The van der Waals surface area contributed by atoms with Crippen LogP contribution in [0.3, 0.4) is 0 Å². The van der Waals surface area contributed by atoms with Crippen LogP contribution in [0.5, 0.6) is 5.75 Å². The zero-order valence-electron chi connectivity index (χ0n) is 29.3. The number of anilines is 1. The summed E-state index contributed by atoms with van der Waals surface area (Å²) in [5.74, 6) is 0.821. The van der Waals surface area contributed by atoms with Crippen LogP contribution in [0.2, 0.25) is 0 Å². The Balaban J connectivity index is 1.14. The number of aromatic nitrogens is 4. The third-order valence-corrected chi connectivity index (χ3v) is 10.5. The fourth-order valence-corrected chi connectivity index (χ4v) is 8.02. The van der Waals surface area contributed by atoms with Crippen molar-refractivity contribution >= 4 is 29.0 Å². The topological polar surface area (TPSA) is 84.4 Å². The number of H-pyrrole nitrogens is 4. The first-order chi connectivity index (χ1) is 26.2. The van der Waals surface area contributed by atoms with Crippen LogP contribution in [0.25, 0.3) is 34.4 Å². The normalized spacial score (nSPS) is 12.8. The summed E-state index contributed by atoms with van der Waals surface area (Å²) >= 11 is 0. The Kier molecular flexibility index (Phi) is 7.39. The fraction of sp³-hybridized carbons (Fsp3) is 0.0638. The highest BCUT2D eigenvalue weighted by Crippen LogP contribution is 2.39. The largest absolute Gasteiger partial charge is 0.497 e. The molecule has 4 aromatic heterocycles. The maximum atomic E-state index is 5.51. The summed E-state index contributed by atoms with van der Waals surface area (Å²) in [5, 5.41) is 7.93. The molecule has 0 amide bonds. The molecule has 0 saturated carbocycles. The van der Waals surface area contributed by atoms with E-state index in [4.69, 9.17) is 4.74 Å². The van der Waals surface area contributed by atoms with Crippen LogP contribution < -0.4 is 31.5 Å². The lowest BCUT2D eigenvalue weighted by Gasteiger charge is -2.16. The SMILES string of the molecule is COc1ccc(C2=c3ccc([nH]3)=Cc3ccc([nH]3)C=c3ccc([nH]3)=C(c3ccccc3NCc3cccc4c3-c3ccccc3C4)c3ccc2[nH]3)cc1. The molecule has 1 aliphatic carbocycles. The molecule has 8 aromatic rings. The highest BCUT2D eigenvalue weighted by Gasteiger charge is 2.21. The maximum absolute atomic E-state index is 5.51. The lowest BCUT2D eigenvalue weighted by atomic mass is 9.98. The van der Waals surface area contributed by atoms with Gasteiger partial charge in [0.25, 0.3) is 0 Å². The summed E-state index contributed by atoms with van der Waals surface area (Å²) in [6.45, 7) is 0.707. The number of nitrogens with one attached hydrogen (secondary N) is 5. The third kappa shape index (κ3) is 5.61. The number of ether oxygens (including phenoxy) is 1. The van der Waals surface area contributed by atoms with Gasteiger partial charge in [-0.05, 0) is 119 Å². The molecule has 0 unspecified atom stereocenters. The molecule has 0 spiro atoms. The molecule has 10 rings (SSSR count). The van der Waals surface area contributed by atoms with Crippen LogP contribution in [-0.4, -0.2) is 27.0 Å². The third-order valence-electron chi connectivity index (χ3n) is 10.5. The Morgan fingerprint density at radius 2 is 1.21 bits per heavy atom. The van der Waals surface area contributed by atoms with Crippen molar-refractivity contribution in [3.05, 3.63) is 212 Å². The lowest BCUT2D eigenvalue weighted by molar-refractivity contribution is 0.415. The monoisotopic (exact) mass is 687 g/mol. The number of rotatable bonds is 6. The molecule has 6 nitrogen and oxygen atoms in total. The number of hydrogen-bond acceptors (Lipinski definition) is 2. The number of para-hydroxylation sites is 1. The smallest absolute Gasteiger partial charge is 0.118 e. The van der Waals surface area contributed by atoms with Gasteiger partial charge in [-0.3, -0.25) is 0 Å². The number of benzene rings is 4. The summed E-state index contributed by atoms with van der Waals surface area (Å²) in [6, 6.07) is 49.6. The molecule has 1 aliphatic heterocycles. The van der Waals surface area contributed by atoms with Gasteiger partial charge >= 0.3 is 0 Å². The first kappa shape index (κ1) is 30.9. The van der Waals surface area contributed by atoms with E-state index in [1.165, 1.54) is 27.8 Å². The van der Waals surface area contributed by atoms with Crippen molar-refractivity contribution in [1.29, 1.82) is 0 Å². The van der Waals surface area contributed by atoms with Crippen LogP contribution in [0.4, 0.5) is 5.69 Å². The molecule has 0 radical (unpaired) electrons. The van der Waals surface area contributed by atoms with E-state index >= 15 is 0 Å². The Morgan fingerprint density at radius 1 is 0.547 bits per heavy atom. The number of aromatic amines is 4. The van der Waals surface area contributed by atoms with E-state index < -0.39 is 0 Å². The van der Waals surface area contributed by atoms with E-state index in [2.05, 4.69) is 165 Å². The van der Waals surface area contributed by atoms with Crippen molar-refractivity contribution in [1.82, 2.24) is 19.9 Å². The maximum Gasteiger partial charge on any atom is 0.118 e. The van der Waals surface area contributed by atoms with E-state index in [0.717, 1.165) is 84.3 Å². The second-order valence-corrected chi connectivity index (χ2v) is 13.8. The van der Waals surface area contributed by atoms with Gasteiger partial charge in [0.1, 0.15) is 5.75 Å². The van der Waals surface area contributed by atoms with Crippen molar-refractivity contribution in [2.24, 2.45) is 0 Å². The lowest BCUT2D eigenvalue weighted by Crippen LogP contribution is -2.16. The average Bonchev–Trinajstić information content (AvgIpc) is 4.05. The second-order valence-electron chi connectivity index (χ2n) is 13.8. The Hall–Kier alpha value is -6.92. The molecule has 53 heavy (non-hydrogen) atoms. The summed E-state index contributed by atoms with van der Waals surface area (Å²) in [7, 11) is 1.70. The van der Waals surface area contributed by atoms with Gasteiger partial charge in [-0.1, -0.05) is 72.8 Å². The first-order valence-electron chi connectivity index (χ1n) is 18.0. The van der Waals surface area contributed by atoms with Gasteiger partial charge in [0.15, 0.2) is 0 Å². The summed E-state index contributed by atoms with van der Waals surface area (Å²) in [6.07, 6.45) is 5.27. The van der Waals surface area contributed by atoms with Crippen LogP contribution in [-0.2, 0) is 13.0 Å². The number of fused-ring (bicyclic) bond motifs is 11. The zero-order chi connectivity index (χ0) is 35.3. The van der Waals surface area contributed by atoms with Gasteiger partial charge in [0.05, 0.1) is 7.11 Å². The minimum absolute atomic E-state index is 0.707.